The molecule has 6 heteroatoms. The molecule has 5 nitrogen and oxygen atoms in total. The fourth-order valence-corrected chi connectivity index (χ4v) is 2.73. The van der Waals surface area contributed by atoms with Gasteiger partial charge in [0, 0.05) is 18.8 Å². The second-order valence-electron chi connectivity index (χ2n) is 5.36. The summed E-state index contributed by atoms with van der Waals surface area (Å²) in [4.78, 5) is 26.7. The van der Waals surface area contributed by atoms with Crippen LogP contribution in [-0.4, -0.2) is 36.9 Å². The first-order chi connectivity index (χ1) is 10.5. The normalized spacial score (nSPS) is 15.1. The van der Waals surface area contributed by atoms with Crippen LogP contribution in [0.2, 0.25) is 5.02 Å². The van der Waals surface area contributed by atoms with E-state index in [1.165, 1.54) is 7.11 Å². The van der Waals surface area contributed by atoms with Crippen LogP contribution in [-0.2, 0) is 9.59 Å². The molecule has 2 rings (SSSR count). The molecule has 1 N–H and O–H groups in total. The molecule has 0 saturated heterocycles. The van der Waals surface area contributed by atoms with Gasteiger partial charge in [-0.15, -0.1) is 0 Å². The predicted octanol–water partition coefficient (Wildman–Crippen LogP) is 2.94. The molecule has 1 aliphatic carbocycles. The summed E-state index contributed by atoms with van der Waals surface area (Å²) in [5, 5.41) is 3.21. The van der Waals surface area contributed by atoms with E-state index in [-0.39, 0.29) is 11.8 Å². The van der Waals surface area contributed by atoms with Gasteiger partial charge in [-0.3, -0.25) is 9.59 Å². The van der Waals surface area contributed by atoms with Crippen LogP contribution in [0.15, 0.2) is 18.2 Å². The lowest BCUT2D eigenvalue weighted by Gasteiger charge is -2.24. The third-order valence-electron chi connectivity index (χ3n) is 4.05. The summed E-state index contributed by atoms with van der Waals surface area (Å²) < 4.78 is 5.08. The Morgan fingerprint density at radius 1 is 1.32 bits per heavy atom. The number of hydrogen-bond donors (Lipinski definition) is 1. The molecule has 0 spiro atoms. The second kappa shape index (κ2) is 6.57. The van der Waals surface area contributed by atoms with Crippen molar-refractivity contribution in [2.45, 2.75) is 26.7 Å². The van der Waals surface area contributed by atoms with E-state index in [9.17, 15) is 9.59 Å². The number of anilines is 1. The number of rotatable bonds is 6. The Kier molecular flexibility index (Phi) is 4.96. The topological polar surface area (TPSA) is 58.6 Å². The molecular weight excluding hydrogens is 304 g/mol. The Balaban J connectivity index is 2.12. The van der Waals surface area contributed by atoms with Gasteiger partial charge in [-0.05, 0) is 44.9 Å². The highest BCUT2D eigenvalue weighted by molar-refractivity contribution is 6.32. The van der Waals surface area contributed by atoms with Gasteiger partial charge in [0.25, 0.3) is 0 Å². The molecule has 1 saturated carbocycles. The van der Waals surface area contributed by atoms with Crippen LogP contribution in [0.4, 0.5) is 5.69 Å². The first-order valence-electron chi connectivity index (χ1n) is 7.43. The molecule has 22 heavy (non-hydrogen) atoms. The van der Waals surface area contributed by atoms with E-state index in [1.54, 1.807) is 23.1 Å². The van der Waals surface area contributed by atoms with Gasteiger partial charge < -0.3 is 15.0 Å². The number of carbonyl (C=O) groups excluding carboxylic acids is 2. The minimum atomic E-state index is -0.904. The lowest BCUT2D eigenvalue weighted by Crippen LogP contribution is -2.42. The number of methoxy groups -OCH3 is 1. The third kappa shape index (κ3) is 3.04. The number of nitrogens with one attached hydrogen (secondary N) is 1. The molecule has 0 aliphatic heterocycles. The average Bonchev–Trinajstić information content (AvgIpc) is 3.30. The van der Waals surface area contributed by atoms with Gasteiger partial charge in [0.15, 0.2) is 0 Å². The van der Waals surface area contributed by atoms with Crippen molar-refractivity contribution in [2.75, 3.05) is 25.5 Å². The highest BCUT2D eigenvalue weighted by Gasteiger charge is 2.57. The van der Waals surface area contributed by atoms with E-state index < -0.39 is 5.41 Å². The molecule has 0 unspecified atom stereocenters. The van der Waals surface area contributed by atoms with Crippen molar-refractivity contribution in [2.24, 2.45) is 5.41 Å². The van der Waals surface area contributed by atoms with Gasteiger partial charge in [-0.1, -0.05) is 11.6 Å². The Labute approximate surface area is 135 Å². The summed E-state index contributed by atoms with van der Waals surface area (Å²) in [6.45, 7) is 5.05. The number of nitrogens with zero attached hydrogens (tertiary/aromatic N) is 1. The highest BCUT2D eigenvalue weighted by Crippen LogP contribution is 2.48. The summed E-state index contributed by atoms with van der Waals surface area (Å²) in [6, 6.07) is 5.01. The Hall–Kier alpha value is -1.75. The van der Waals surface area contributed by atoms with Crippen LogP contribution in [0.1, 0.15) is 26.7 Å². The van der Waals surface area contributed by atoms with Crippen molar-refractivity contribution in [1.82, 2.24) is 4.90 Å². The second-order valence-corrected chi connectivity index (χ2v) is 5.77. The first-order valence-corrected chi connectivity index (χ1v) is 7.80. The minimum Gasteiger partial charge on any atom is -0.495 e. The van der Waals surface area contributed by atoms with E-state index in [0.717, 1.165) is 0 Å². The van der Waals surface area contributed by atoms with Gasteiger partial charge >= 0.3 is 0 Å². The summed E-state index contributed by atoms with van der Waals surface area (Å²) in [7, 11) is 1.53. The third-order valence-corrected chi connectivity index (χ3v) is 4.35. The summed E-state index contributed by atoms with van der Waals surface area (Å²) in [5.74, 6) is 0.195. The Morgan fingerprint density at radius 3 is 2.41 bits per heavy atom. The van der Waals surface area contributed by atoms with Crippen LogP contribution in [0.5, 0.6) is 5.75 Å². The van der Waals surface area contributed by atoms with Crippen LogP contribution >= 0.6 is 11.6 Å². The van der Waals surface area contributed by atoms with E-state index in [1.807, 2.05) is 13.8 Å². The number of halogens is 1. The van der Waals surface area contributed by atoms with Gasteiger partial charge in [-0.25, -0.2) is 0 Å². The van der Waals surface area contributed by atoms with Crippen molar-refractivity contribution >= 4 is 29.1 Å². The van der Waals surface area contributed by atoms with E-state index >= 15 is 0 Å². The van der Waals surface area contributed by atoms with Crippen molar-refractivity contribution in [3.63, 3.8) is 0 Å². The highest BCUT2D eigenvalue weighted by atomic mass is 35.5. The molecular formula is C16H21ClN2O3. The quantitative estimate of drug-likeness (QED) is 0.818. The number of carbonyl (C=O) groups is 2. The summed E-state index contributed by atoms with van der Waals surface area (Å²) in [5.41, 5.74) is -0.340. The van der Waals surface area contributed by atoms with Gasteiger partial charge in [0.1, 0.15) is 11.2 Å². The zero-order valence-corrected chi connectivity index (χ0v) is 13.9. The molecule has 0 bridgehead atoms. The molecule has 120 valence electrons. The zero-order valence-electron chi connectivity index (χ0n) is 13.1. The Bertz CT molecular complexity index is 581. The average molecular weight is 325 g/mol. The Morgan fingerprint density at radius 2 is 1.95 bits per heavy atom. The minimum absolute atomic E-state index is 0.0883. The molecule has 1 aromatic rings. The largest absolute Gasteiger partial charge is 0.495 e. The van der Waals surface area contributed by atoms with Crippen LogP contribution in [0.3, 0.4) is 0 Å². The lowest BCUT2D eigenvalue weighted by atomic mass is 10.0. The molecule has 1 fully saturated rings. The fourth-order valence-electron chi connectivity index (χ4n) is 2.47. The van der Waals surface area contributed by atoms with Gasteiger partial charge in [0.05, 0.1) is 12.1 Å². The van der Waals surface area contributed by atoms with Crippen LogP contribution in [0, 0.1) is 5.41 Å². The van der Waals surface area contributed by atoms with Crippen molar-refractivity contribution in [1.29, 1.82) is 0 Å². The SMILES string of the molecule is CCN(CC)C(=O)C1(C(=O)Nc2ccc(OC)c(Cl)c2)CC1. The summed E-state index contributed by atoms with van der Waals surface area (Å²) in [6.07, 6.45) is 1.19. The molecule has 0 radical (unpaired) electrons. The van der Waals surface area contributed by atoms with Crippen molar-refractivity contribution < 1.29 is 14.3 Å². The number of benzene rings is 1. The van der Waals surface area contributed by atoms with E-state index in [0.29, 0.717) is 42.4 Å². The number of ether oxygens (including phenoxy) is 1. The molecule has 0 heterocycles. The lowest BCUT2D eigenvalue weighted by molar-refractivity contribution is -0.141. The maximum atomic E-state index is 12.5. The number of hydrogen-bond acceptors (Lipinski definition) is 3. The predicted molar refractivity (Wildman–Crippen MR) is 86.2 cm³/mol. The molecule has 1 aromatic carbocycles. The van der Waals surface area contributed by atoms with Gasteiger partial charge in [0.2, 0.25) is 11.8 Å². The van der Waals surface area contributed by atoms with E-state index in [4.69, 9.17) is 16.3 Å². The standard InChI is InChI=1S/C16H21ClN2O3/c1-4-19(5-2)15(21)16(8-9-16)14(20)18-11-6-7-13(22-3)12(17)10-11/h6-7,10H,4-5,8-9H2,1-3H3,(H,18,20). The maximum Gasteiger partial charge on any atom is 0.240 e. The van der Waals surface area contributed by atoms with Gasteiger partial charge in [-0.2, -0.15) is 0 Å². The smallest absolute Gasteiger partial charge is 0.240 e. The monoisotopic (exact) mass is 324 g/mol. The fraction of sp³-hybridized carbons (Fsp3) is 0.500. The van der Waals surface area contributed by atoms with Crippen molar-refractivity contribution in [3.8, 4) is 5.75 Å². The molecule has 1 aliphatic rings. The first kappa shape index (κ1) is 16.6. The summed E-state index contributed by atoms with van der Waals surface area (Å²) >= 11 is 6.05. The van der Waals surface area contributed by atoms with E-state index in [2.05, 4.69) is 5.32 Å². The van der Waals surface area contributed by atoms with Crippen molar-refractivity contribution in [3.05, 3.63) is 23.2 Å². The molecule has 2 amide bonds. The molecule has 0 aromatic heterocycles. The maximum absolute atomic E-state index is 12.5. The van der Waals surface area contributed by atoms with Crippen LogP contribution < -0.4 is 10.1 Å². The zero-order chi connectivity index (χ0) is 16.3. The molecule has 0 atom stereocenters. The van der Waals surface area contributed by atoms with Crippen LogP contribution in [0.25, 0.3) is 0 Å². The number of amides is 2.